The summed E-state index contributed by atoms with van der Waals surface area (Å²) in [6.07, 6.45) is 16.1. The van der Waals surface area contributed by atoms with Crippen LogP contribution in [0, 0.1) is 11.8 Å². The summed E-state index contributed by atoms with van der Waals surface area (Å²) >= 11 is 0. The predicted octanol–water partition coefficient (Wildman–Crippen LogP) is 4.20. The number of nitrogens with one attached hydrogen (secondary N) is 1. The summed E-state index contributed by atoms with van der Waals surface area (Å²) < 4.78 is 0. The third-order valence-corrected chi connectivity index (χ3v) is 6.43. The Hall–Kier alpha value is -0.0800. The van der Waals surface area contributed by atoms with E-state index in [0.717, 1.165) is 23.9 Å². The Morgan fingerprint density at radius 3 is 2.52 bits per heavy atom. The number of fused-ring (bicyclic) bond motifs is 1. The fourth-order valence-corrected chi connectivity index (χ4v) is 5.23. The van der Waals surface area contributed by atoms with Crippen molar-refractivity contribution in [3.05, 3.63) is 0 Å². The fraction of sp³-hybridized carbons (Fsp3) is 1.00. The van der Waals surface area contributed by atoms with Gasteiger partial charge in [-0.05, 0) is 63.5 Å². The van der Waals surface area contributed by atoms with E-state index in [9.17, 15) is 0 Å². The molecule has 0 spiro atoms. The van der Waals surface area contributed by atoms with E-state index >= 15 is 0 Å². The average Bonchev–Trinajstić information content (AvgIpc) is 2.95. The molecule has 21 heavy (non-hydrogen) atoms. The van der Waals surface area contributed by atoms with Gasteiger partial charge in [-0.2, -0.15) is 0 Å². The second-order valence-corrected chi connectivity index (χ2v) is 7.85. The molecule has 1 heterocycles. The zero-order chi connectivity index (χ0) is 14.5. The molecule has 2 aliphatic carbocycles. The van der Waals surface area contributed by atoms with E-state index in [-0.39, 0.29) is 0 Å². The van der Waals surface area contributed by atoms with E-state index in [1.165, 1.54) is 90.3 Å². The van der Waals surface area contributed by atoms with Crippen LogP contribution in [-0.2, 0) is 0 Å². The van der Waals surface area contributed by atoms with Crippen LogP contribution in [0.2, 0.25) is 0 Å². The Labute approximate surface area is 132 Å². The molecule has 2 saturated carbocycles. The van der Waals surface area contributed by atoms with Gasteiger partial charge in [0.05, 0.1) is 0 Å². The molecule has 2 heteroatoms. The second kappa shape index (κ2) is 7.97. The van der Waals surface area contributed by atoms with Gasteiger partial charge in [0, 0.05) is 18.6 Å². The summed E-state index contributed by atoms with van der Waals surface area (Å²) in [7, 11) is 0. The zero-order valence-electron chi connectivity index (χ0n) is 14.2. The number of hydrogen-bond acceptors (Lipinski definition) is 2. The minimum Gasteiger partial charge on any atom is -0.312 e. The van der Waals surface area contributed by atoms with Gasteiger partial charge < -0.3 is 5.32 Å². The molecule has 0 bridgehead atoms. The highest BCUT2D eigenvalue weighted by Crippen LogP contribution is 2.37. The lowest BCUT2D eigenvalue weighted by Crippen LogP contribution is -2.48. The first-order valence-electron chi connectivity index (χ1n) is 9.86. The first kappa shape index (κ1) is 15.8. The van der Waals surface area contributed by atoms with Gasteiger partial charge in [0.25, 0.3) is 0 Å². The van der Waals surface area contributed by atoms with Crippen molar-refractivity contribution < 1.29 is 0 Å². The van der Waals surface area contributed by atoms with Gasteiger partial charge in [0.15, 0.2) is 0 Å². The first-order chi connectivity index (χ1) is 10.4. The molecular weight excluding hydrogens is 256 g/mol. The maximum atomic E-state index is 3.92. The zero-order valence-corrected chi connectivity index (χ0v) is 14.2. The van der Waals surface area contributed by atoms with E-state index < -0.39 is 0 Å². The van der Waals surface area contributed by atoms with Gasteiger partial charge in [-0.1, -0.05) is 39.0 Å². The lowest BCUT2D eigenvalue weighted by atomic mass is 9.82. The molecule has 3 atom stereocenters. The molecule has 3 fully saturated rings. The van der Waals surface area contributed by atoms with Crippen LogP contribution in [0.1, 0.15) is 77.6 Å². The molecular formula is C19H36N2. The minimum atomic E-state index is 0.769. The van der Waals surface area contributed by atoms with Gasteiger partial charge >= 0.3 is 0 Å². The highest BCUT2D eigenvalue weighted by atomic mass is 15.2. The van der Waals surface area contributed by atoms with Crippen LogP contribution in [0.5, 0.6) is 0 Å². The second-order valence-electron chi connectivity index (χ2n) is 7.85. The monoisotopic (exact) mass is 292 g/mol. The molecule has 2 nitrogen and oxygen atoms in total. The van der Waals surface area contributed by atoms with Crippen LogP contribution in [0.3, 0.4) is 0 Å². The van der Waals surface area contributed by atoms with Gasteiger partial charge in [-0.15, -0.1) is 0 Å². The van der Waals surface area contributed by atoms with Crippen molar-refractivity contribution in [3.8, 4) is 0 Å². The molecule has 3 unspecified atom stereocenters. The van der Waals surface area contributed by atoms with Crippen molar-refractivity contribution in [2.24, 2.45) is 11.8 Å². The van der Waals surface area contributed by atoms with Crippen molar-refractivity contribution in [1.29, 1.82) is 0 Å². The molecule has 1 saturated heterocycles. The smallest absolute Gasteiger partial charge is 0.0223 e. The van der Waals surface area contributed by atoms with Crippen molar-refractivity contribution in [3.63, 3.8) is 0 Å². The lowest BCUT2D eigenvalue weighted by Gasteiger charge is -2.38. The van der Waals surface area contributed by atoms with E-state index in [1.807, 2.05) is 0 Å². The Morgan fingerprint density at radius 2 is 1.71 bits per heavy atom. The number of likely N-dealkylation sites (tertiary alicyclic amines) is 1. The molecule has 0 amide bonds. The Balaban J connectivity index is 1.57. The summed E-state index contributed by atoms with van der Waals surface area (Å²) in [5, 5.41) is 3.92. The summed E-state index contributed by atoms with van der Waals surface area (Å²) in [6.45, 7) is 6.24. The van der Waals surface area contributed by atoms with Crippen LogP contribution in [-0.4, -0.2) is 36.6 Å². The van der Waals surface area contributed by atoms with Crippen molar-refractivity contribution >= 4 is 0 Å². The topological polar surface area (TPSA) is 15.3 Å². The molecule has 0 aromatic heterocycles. The first-order valence-corrected chi connectivity index (χ1v) is 9.86. The number of rotatable bonds is 6. The Kier molecular flexibility index (Phi) is 5.99. The highest BCUT2D eigenvalue weighted by Gasteiger charge is 2.37. The van der Waals surface area contributed by atoms with E-state index in [0.29, 0.717) is 0 Å². The van der Waals surface area contributed by atoms with Gasteiger partial charge in [0.2, 0.25) is 0 Å². The SMILES string of the molecule is CCCNC(CN1CCC2CCCCC21)C1CCCCC1. The van der Waals surface area contributed by atoms with Crippen molar-refractivity contribution in [2.45, 2.75) is 89.6 Å². The maximum Gasteiger partial charge on any atom is 0.0223 e. The minimum absolute atomic E-state index is 0.769. The normalized spacial score (nSPS) is 33.0. The Morgan fingerprint density at radius 1 is 0.952 bits per heavy atom. The lowest BCUT2D eigenvalue weighted by molar-refractivity contribution is 0.140. The summed E-state index contributed by atoms with van der Waals surface area (Å²) in [5.74, 6) is 1.99. The van der Waals surface area contributed by atoms with Crippen molar-refractivity contribution in [1.82, 2.24) is 10.2 Å². The molecule has 1 aliphatic heterocycles. The Bertz CT molecular complexity index is 298. The maximum absolute atomic E-state index is 3.92. The summed E-state index contributed by atoms with van der Waals surface area (Å²) in [4.78, 5) is 2.88. The summed E-state index contributed by atoms with van der Waals surface area (Å²) in [5.41, 5.74) is 0. The van der Waals surface area contributed by atoms with Gasteiger partial charge in [0.1, 0.15) is 0 Å². The number of nitrogens with zero attached hydrogens (tertiary/aromatic N) is 1. The molecule has 3 aliphatic rings. The largest absolute Gasteiger partial charge is 0.312 e. The molecule has 122 valence electrons. The van der Waals surface area contributed by atoms with E-state index in [2.05, 4.69) is 17.1 Å². The van der Waals surface area contributed by atoms with Crippen LogP contribution in [0.25, 0.3) is 0 Å². The van der Waals surface area contributed by atoms with Gasteiger partial charge in [-0.3, -0.25) is 4.90 Å². The van der Waals surface area contributed by atoms with Gasteiger partial charge in [-0.25, -0.2) is 0 Å². The van der Waals surface area contributed by atoms with Crippen LogP contribution >= 0.6 is 0 Å². The summed E-state index contributed by atoms with van der Waals surface area (Å²) in [6, 6.07) is 1.71. The quantitative estimate of drug-likeness (QED) is 0.789. The highest BCUT2D eigenvalue weighted by molar-refractivity contribution is 4.93. The third-order valence-electron chi connectivity index (χ3n) is 6.43. The molecule has 0 aromatic rings. The van der Waals surface area contributed by atoms with Crippen molar-refractivity contribution in [2.75, 3.05) is 19.6 Å². The molecule has 1 N–H and O–H groups in total. The molecule has 0 radical (unpaired) electrons. The van der Waals surface area contributed by atoms with Crippen LogP contribution in [0.4, 0.5) is 0 Å². The number of hydrogen-bond donors (Lipinski definition) is 1. The standard InChI is InChI=1S/C19H36N2/c1-2-13-20-18(16-8-4-3-5-9-16)15-21-14-12-17-10-6-7-11-19(17)21/h16-20H,2-15H2,1H3. The van der Waals surface area contributed by atoms with Crippen LogP contribution in [0.15, 0.2) is 0 Å². The van der Waals surface area contributed by atoms with E-state index in [1.54, 1.807) is 0 Å². The average molecular weight is 293 g/mol. The molecule has 3 rings (SSSR count). The predicted molar refractivity (Wildman–Crippen MR) is 90.6 cm³/mol. The third kappa shape index (κ3) is 4.01. The molecule has 0 aromatic carbocycles. The van der Waals surface area contributed by atoms with E-state index in [4.69, 9.17) is 0 Å². The fourth-order valence-electron chi connectivity index (χ4n) is 5.23. The van der Waals surface area contributed by atoms with Crippen LogP contribution < -0.4 is 5.32 Å².